The highest BCUT2D eigenvalue weighted by Crippen LogP contribution is 2.43. The van der Waals surface area contributed by atoms with Gasteiger partial charge in [-0.2, -0.15) is 0 Å². The van der Waals surface area contributed by atoms with Crippen LogP contribution in [0.5, 0.6) is 0 Å². The third-order valence-corrected chi connectivity index (χ3v) is 6.54. The van der Waals surface area contributed by atoms with Crippen molar-refractivity contribution in [2.24, 2.45) is 0 Å². The summed E-state index contributed by atoms with van der Waals surface area (Å²) in [6.07, 6.45) is 1.68. The lowest BCUT2D eigenvalue weighted by Gasteiger charge is -2.36. The van der Waals surface area contributed by atoms with Gasteiger partial charge in [0.2, 0.25) is 10.5 Å². The van der Waals surface area contributed by atoms with E-state index >= 15 is 0 Å². The summed E-state index contributed by atoms with van der Waals surface area (Å²) in [5.41, 5.74) is 5.60. The van der Waals surface area contributed by atoms with Gasteiger partial charge in [-0.25, -0.2) is 9.67 Å². The molecule has 0 aliphatic heterocycles. The van der Waals surface area contributed by atoms with Gasteiger partial charge in [0, 0.05) is 16.5 Å². The molecule has 0 unspecified atom stereocenters. The van der Waals surface area contributed by atoms with Crippen LogP contribution in [0, 0.1) is 11.7 Å². The number of aryl methyl sites for hydroxylation is 1. The second-order valence-electron chi connectivity index (χ2n) is 8.11. The Morgan fingerprint density at radius 1 is 1.17 bits per heavy atom. The monoisotopic (exact) mass is 402 g/mol. The van der Waals surface area contributed by atoms with Gasteiger partial charge in [-0.3, -0.25) is 9.20 Å². The average molecular weight is 403 g/mol. The minimum atomic E-state index is -0.284. The fourth-order valence-corrected chi connectivity index (χ4v) is 4.72. The van der Waals surface area contributed by atoms with E-state index in [0.29, 0.717) is 10.5 Å². The smallest absolute Gasteiger partial charge is 0.263 e. The number of H-pyrrole nitrogens is 1. The Morgan fingerprint density at radius 2 is 1.90 bits per heavy atom. The van der Waals surface area contributed by atoms with Gasteiger partial charge in [0.05, 0.1) is 11.4 Å². The summed E-state index contributed by atoms with van der Waals surface area (Å²) >= 11 is 5.62. The molecular weight excluding hydrogens is 380 g/mol. The lowest BCUT2D eigenvalue weighted by Crippen LogP contribution is -2.39. The Hall–Kier alpha value is -2.99. The van der Waals surface area contributed by atoms with Crippen molar-refractivity contribution in [2.75, 3.05) is 0 Å². The number of nitrogens with zero attached hydrogens (tertiary/aromatic N) is 3. The molecule has 1 aliphatic carbocycles. The topological polar surface area (TPSA) is 55.1 Å². The Bertz CT molecular complexity index is 1380. The van der Waals surface area contributed by atoms with E-state index in [0.717, 1.165) is 40.9 Å². The standard InChI is InChI=1S/C23H22N4OS/c1-4-23(3)13-15-7-5-6-8-17(15)19-18(23)20(28)26(16-11-9-14(2)10-12-16)21-24-25-22(29)27(19)21/h5-12H,4,13H2,1-3H3,(H,25,29)/t23-/m1/s1. The van der Waals surface area contributed by atoms with Crippen molar-refractivity contribution in [1.29, 1.82) is 0 Å². The zero-order valence-corrected chi connectivity index (χ0v) is 17.5. The van der Waals surface area contributed by atoms with E-state index in [1.165, 1.54) is 5.56 Å². The molecule has 5 rings (SSSR count). The molecule has 2 aromatic carbocycles. The van der Waals surface area contributed by atoms with Crippen molar-refractivity contribution >= 4 is 18.0 Å². The van der Waals surface area contributed by atoms with Crippen molar-refractivity contribution in [3.63, 3.8) is 0 Å². The van der Waals surface area contributed by atoms with Gasteiger partial charge < -0.3 is 0 Å². The number of fused-ring (bicyclic) bond motifs is 5. The van der Waals surface area contributed by atoms with E-state index < -0.39 is 0 Å². The lowest BCUT2D eigenvalue weighted by atomic mass is 9.69. The van der Waals surface area contributed by atoms with Crippen LogP contribution < -0.4 is 5.56 Å². The number of hydrogen-bond donors (Lipinski definition) is 1. The number of rotatable bonds is 2. The summed E-state index contributed by atoms with van der Waals surface area (Å²) < 4.78 is 4.11. The van der Waals surface area contributed by atoms with Crippen LogP contribution in [0.25, 0.3) is 22.7 Å². The predicted molar refractivity (Wildman–Crippen MR) is 117 cm³/mol. The fourth-order valence-electron chi connectivity index (χ4n) is 4.50. The van der Waals surface area contributed by atoms with Crippen molar-refractivity contribution in [3.8, 4) is 16.9 Å². The van der Waals surface area contributed by atoms with E-state index in [1.807, 2.05) is 41.7 Å². The number of nitrogens with one attached hydrogen (secondary N) is 1. The summed E-state index contributed by atoms with van der Waals surface area (Å²) in [5.74, 6) is 0.512. The normalized spacial score (nSPS) is 17.9. The van der Waals surface area contributed by atoms with Crippen LogP contribution in [-0.2, 0) is 11.8 Å². The summed E-state index contributed by atoms with van der Waals surface area (Å²) in [6, 6.07) is 16.2. The van der Waals surface area contributed by atoms with E-state index in [1.54, 1.807) is 4.57 Å². The van der Waals surface area contributed by atoms with Crippen LogP contribution in [-0.4, -0.2) is 19.2 Å². The molecule has 146 valence electrons. The van der Waals surface area contributed by atoms with Crippen molar-refractivity contribution in [2.45, 2.75) is 39.0 Å². The van der Waals surface area contributed by atoms with Crippen LogP contribution in [0.2, 0.25) is 0 Å². The molecule has 1 atom stereocenters. The largest absolute Gasteiger partial charge is 0.268 e. The Morgan fingerprint density at radius 3 is 2.62 bits per heavy atom. The predicted octanol–water partition coefficient (Wildman–Crippen LogP) is 4.74. The van der Waals surface area contributed by atoms with Gasteiger partial charge in [0.25, 0.3) is 5.56 Å². The van der Waals surface area contributed by atoms with Gasteiger partial charge >= 0.3 is 0 Å². The summed E-state index contributed by atoms with van der Waals surface area (Å²) in [4.78, 5) is 14.0. The first-order valence-electron chi connectivity index (χ1n) is 9.86. The highest BCUT2D eigenvalue weighted by Gasteiger charge is 2.39. The summed E-state index contributed by atoms with van der Waals surface area (Å²) in [5, 5.41) is 7.35. The van der Waals surface area contributed by atoms with Crippen molar-refractivity contribution in [3.05, 3.63) is 80.3 Å². The summed E-state index contributed by atoms with van der Waals surface area (Å²) in [6.45, 7) is 6.36. The first kappa shape index (κ1) is 18.1. The van der Waals surface area contributed by atoms with Crippen LogP contribution >= 0.6 is 12.2 Å². The molecule has 0 amide bonds. The highest BCUT2D eigenvalue weighted by molar-refractivity contribution is 7.71. The van der Waals surface area contributed by atoms with Crippen LogP contribution in [0.15, 0.2) is 53.3 Å². The van der Waals surface area contributed by atoms with Crippen LogP contribution in [0.3, 0.4) is 0 Å². The molecule has 2 aromatic heterocycles. The number of benzene rings is 2. The van der Waals surface area contributed by atoms with Crippen LogP contribution in [0.4, 0.5) is 0 Å². The van der Waals surface area contributed by atoms with Gasteiger partial charge in [-0.1, -0.05) is 55.8 Å². The maximum Gasteiger partial charge on any atom is 0.263 e. The van der Waals surface area contributed by atoms with E-state index in [9.17, 15) is 4.79 Å². The highest BCUT2D eigenvalue weighted by atomic mass is 32.1. The van der Waals surface area contributed by atoms with Crippen molar-refractivity contribution < 1.29 is 0 Å². The SMILES string of the molecule is CC[C@]1(C)Cc2ccccc2-c2c1c(=O)n(-c1ccc(C)cc1)c1n[nH]c(=S)n21. The Labute approximate surface area is 173 Å². The third kappa shape index (κ3) is 2.48. The molecule has 1 N–H and O–H groups in total. The lowest BCUT2D eigenvalue weighted by molar-refractivity contribution is 0.438. The average Bonchev–Trinajstić information content (AvgIpc) is 3.10. The van der Waals surface area contributed by atoms with Gasteiger partial charge in [-0.05, 0) is 49.7 Å². The minimum absolute atomic E-state index is 0.0239. The van der Waals surface area contributed by atoms with Gasteiger partial charge in [-0.15, -0.1) is 5.10 Å². The molecule has 1 aliphatic rings. The molecule has 2 heterocycles. The summed E-state index contributed by atoms with van der Waals surface area (Å²) in [7, 11) is 0. The van der Waals surface area contributed by atoms with Crippen molar-refractivity contribution in [1.82, 2.24) is 19.2 Å². The quantitative estimate of drug-likeness (QED) is 0.493. The fraction of sp³-hybridized carbons (Fsp3) is 0.261. The molecule has 0 saturated carbocycles. The minimum Gasteiger partial charge on any atom is -0.268 e. The molecule has 4 aromatic rings. The molecule has 0 saturated heterocycles. The first-order chi connectivity index (χ1) is 13.9. The molecule has 5 nitrogen and oxygen atoms in total. The second-order valence-corrected chi connectivity index (χ2v) is 8.50. The number of hydrogen-bond acceptors (Lipinski definition) is 3. The molecule has 0 fully saturated rings. The molecule has 29 heavy (non-hydrogen) atoms. The van der Waals surface area contributed by atoms with Crippen LogP contribution in [0.1, 0.15) is 37.0 Å². The first-order valence-corrected chi connectivity index (χ1v) is 10.3. The Balaban J connectivity index is 2.02. The van der Waals surface area contributed by atoms with Gasteiger partial charge in [0.15, 0.2) is 0 Å². The maximum atomic E-state index is 14.0. The zero-order chi connectivity index (χ0) is 20.3. The van der Waals surface area contributed by atoms with E-state index in [2.05, 4.69) is 42.2 Å². The van der Waals surface area contributed by atoms with Gasteiger partial charge in [0.1, 0.15) is 0 Å². The number of aromatic amines is 1. The number of aromatic nitrogens is 4. The van der Waals surface area contributed by atoms with E-state index in [-0.39, 0.29) is 11.0 Å². The maximum absolute atomic E-state index is 14.0. The third-order valence-electron chi connectivity index (χ3n) is 6.26. The molecule has 0 bridgehead atoms. The zero-order valence-electron chi connectivity index (χ0n) is 16.7. The molecule has 6 heteroatoms. The second kappa shape index (κ2) is 6.26. The Kier molecular flexibility index (Phi) is 3.90. The van der Waals surface area contributed by atoms with E-state index in [4.69, 9.17) is 12.2 Å². The molecule has 0 spiro atoms. The molecule has 0 radical (unpaired) electrons. The molecular formula is C23H22N4OS.